The van der Waals surface area contributed by atoms with Crippen molar-refractivity contribution in [1.29, 1.82) is 0 Å². The van der Waals surface area contributed by atoms with Gasteiger partial charge in [0.1, 0.15) is 16.4 Å². The number of benzene rings is 1. The highest BCUT2D eigenvalue weighted by atomic mass is 32.1. The van der Waals surface area contributed by atoms with E-state index in [9.17, 15) is 18.0 Å². The smallest absolute Gasteiger partial charge is 0.405 e. The Balaban J connectivity index is 2.42. The van der Waals surface area contributed by atoms with E-state index in [1.165, 1.54) is 18.2 Å². The van der Waals surface area contributed by atoms with Gasteiger partial charge in [0, 0.05) is 0 Å². The number of thiazole rings is 1. The van der Waals surface area contributed by atoms with Crippen molar-refractivity contribution in [2.24, 2.45) is 0 Å². The van der Waals surface area contributed by atoms with Crippen molar-refractivity contribution in [2.75, 3.05) is 11.5 Å². The fraction of sp³-hybridized carbons (Fsp3) is 0.0909. The number of hydrogen-bond donors (Lipinski definition) is 2. The molecular formula is C11H8F3N3O2S. The Labute approximate surface area is 115 Å². The van der Waals surface area contributed by atoms with Crippen LogP contribution in [-0.2, 0) is 0 Å². The van der Waals surface area contributed by atoms with Gasteiger partial charge in [-0.1, -0.05) is 23.5 Å². The van der Waals surface area contributed by atoms with E-state index in [1.807, 2.05) is 0 Å². The molecule has 0 radical (unpaired) electrons. The number of halogens is 3. The molecule has 0 spiro atoms. The number of anilines is 2. The molecule has 1 aromatic carbocycles. The molecule has 106 valence electrons. The minimum absolute atomic E-state index is 0.0271. The van der Waals surface area contributed by atoms with E-state index < -0.39 is 17.9 Å². The SMILES string of the molecule is Nc1nc(N)c(C(=O)c2ccccc2OC(F)(F)F)s1. The Hall–Kier alpha value is -2.29. The summed E-state index contributed by atoms with van der Waals surface area (Å²) in [4.78, 5) is 15.8. The van der Waals surface area contributed by atoms with Crippen LogP contribution in [-0.4, -0.2) is 17.1 Å². The highest BCUT2D eigenvalue weighted by molar-refractivity contribution is 7.18. The first-order valence-electron chi connectivity index (χ1n) is 5.19. The first-order valence-corrected chi connectivity index (χ1v) is 6.01. The summed E-state index contributed by atoms with van der Waals surface area (Å²) in [7, 11) is 0. The average Bonchev–Trinajstić information content (AvgIpc) is 2.66. The summed E-state index contributed by atoms with van der Waals surface area (Å²) in [6, 6.07) is 4.99. The molecule has 9 heteroatoms. The third-order valence-corrected chi connectivity index (χ3v) is 3.13. The molecule has 0 amide bonds. The second kappa shape index (κ2) is 5.00. The van der Waals surface area contributed by atoms with Crippen molar-refractivity contribution in [3.63, 3.8) is 0 Å². The Morgan fingerprint density at radius 3 is 2.45 bits per heavy atom. The molecule has 2 aromatic rings. The van der Waals surface area contributed by atoms with Crippen LogP contribution in [0.1, 0.15) is 15.2 Å². The van der Waals surface area contributed by atoms with Crippen molar-refractivity contribution in [2.45, 2.75) is 6.36 Å². The molecule has 1 heterocycles. The number of ketones is 1. The molecule has 0 aliphatic heterocycles. The van der Waals surface area contributed by atoms with Gasteiger partial charge in [-0.2, -0.15) is 0 Å². The van der Waals surface area contributed by atoms with Crippen LogP contribution in [0.5, 0.6) is 5.75 Å². The highest BCUT2D eigenvalue weighted by Crippen LogP contribution is 2.31. The number of carbonyl (C=O) groups is 1. The van der Waals surface area contributed by atoms with Crippen molar-refractivity contribution >= 4 is 28.1 Å². The maximum Gasteiger partial charge on any atom is 0.573 e. The molecule has 0 saturated carbocycles. The topological polar surface area (TPSA) is 91.2 Å². The average molecular weight is 303 g/mol. The molecule has 0 atom stereocenters. The lowest BCUT2D eigenvalue weighted by atomic mass is 10.1. The standard InChI is InChI=1S/C11H8F3N3O2S/c12-11(13,14)19-6-4-2-1-3-5(6)7(18)8-9(15)17-10(16)20-8/h1-4H,15H2,(H2,16,17). The number of para-hydroxylation sites is 1. The zero-order valence-corrected chi connectivity index (χ0v) is 10.6. The third kappa shape index (κ3) is 2.99. The number of nitrogen functional groups attached to an aromatic ring is 2. The Kier molecular flexibility index (Phi) is 3.53. The normalized spacial score (nSPS) is 11.3. The molecule has 20 heavy (non-hydrogen) atoms. The largest absolute Gasteiger partial charge is 0.573 e. The molecule has 0 fully saturated rings. The molecule has 1 aromatic heterocycles. The van der Waals surface area contributed by atoms with Gasteiger partial charge < -0.3 is 16.2 Å². The maximum absolute atomic E-state index is 12.3. The van der Waals surface area contributed by atoms with Gasteiger partial charge in [0.25, 0.3) is 0 Å². The van der Waals surface area contributed by atoms with E-state index in [0.717, 1.165) is 17.4 Å². The van der Waals surface area contributed by atoms with Crippen LogP contribution in [0.4, 0.5) is 24.1 Å². The number of carbonyl (C=O) groups excluding carboxylic acids is 1. The quantitative estimate of drug-likeness (QED) is 0.850. The molecule has 0 aliphatic rings. The molecule has 5 nitrogen and oxygen atoms in total. The first kappa shape index (κ1) is 14.1. The molecule has 0 aliphatic carbocycles. The van der Waals surface area contributed by atoms with Crippen LogP contribution in [0, 0.1) is 0 Å². The minimum Gasteiger partial charge on any atom is -0.405 e. The number of aromatic nitrogens is 1. The maximum atomic E-state index is 12.3. The molecule has 2 rings (SSSR count). The molecule has 0 unspecified atom stereocenters. The van der Waals surface area contributed by atoms with Gasteiger partial charge in [0.05, 0.1) is 5.56 Å². The fourth-order valence-corrected chi connectivity index (χ4v) is 2.21. The second-order valence-electron chi connectivity index (χ2n) is 3.64. The van der Waals surface area contributed by atoms with Gasteiger partial charge in [0.15, 0.2) is 5.13 Å². The van der Waals surface area contributed by atoms with E-state index in [1.54, 1.807) is 0 Å². The van der Waals surface area contributed by atoms with E-state index in [4.69, 9.17) is 11.5 Å². The van der Waals surface area contributed by atoms with E-state index >= 15 is 0 Å². The number of nitrogens with zero attached hydrogens (tertiary/aromatic N) is 1. The molecule has 0 saturated heterocycles. The number of nitrogens with two attached hydrogens (primary N) is 2. The van der Waals surface area contributed by atoms with Crippen LogP contribution < -0.4 is 16.2 Å². The van der Waals surface area contributed by atoms with Gasteiger partial charge >= 0.3 is 6.36 Å². The lowest BCUT2D eigenvalue weighted by molar-refractivity contribution is -0.274. The monoisotopic (exact) mass is 303 g/mol. The Morgan fingerprint density at radius 2 is 1.90 bits per heavy atom. The summed E-state index contributed by atoms with van der Waals surface area (Å²) in [6.45, 7) is 0. The van der Waals surface area contributed by atoms with Crippen molar-refractivity contribution in [3.05, 3.63) is 34.7 Å². The summed E-state index contributed by atoms with van der Waals surface area (Å²) >= 11 is 0.799. The zero-order chi connectivity index (χ0) is 14.9. The number of hydrogen-bond acceptors (Lipinski definition) is 6. The van der Waals surface area contributed by atoms with Crippen molar-refractivity contribution < 1.29 is 22.7 Å². The highest BCUT2D eigenvalue weighted by Gasteiger charge is 2.33. The minimum atomic E-state index is -4.89. The fourth-order valence-electron chi connectivity index (χ4n) is 1.50. The number of ether oxygens (including phenoxy) is 1. The van der Waals surface area contributed by atoms with Crippen LogP contribution in [0.15, 0.2) is 24.3 Å². The third-order valence-electron chi connectivity index (χ3n) is 2.23. The zero-order valence-electron chi connectivity index (χ0n) is 9.77. The Morgan fingerprint density at radius 1 is 1.25 bits per heavy atom. The number of rotatable bonds is 3. The van der Waals surface area contributed by atoms with Gasteiger partial charge in [-0.3, -0.25) is 4.79 Å². The number of alkyl halides is 3. The predicted molar refractivity (Wildman–Crippen MR) is 67.5 cm³/mol. The van der Waals surface area contributed by atoms with Gasteiger partial charge in [-0.25, -0.2) is 4.98 Å². The van der Waals surface area contributed by atoms with E-state index in [2.05, 4.69) is 9.72 Å². The predicted octanol–water partition coefficient (Wildman–Crippen LogP) is 2.44. The van der Waals surface area contributed by atoms with Crippen molar-refractivity contribution in [1.82, 2.24) is 4.98 Å². The van der Waals surface area contributed by atoms with E-state index in [0.29, 0.717) is 0 Å². The first-order chi connectivity index (χ1) is 9.28. The summed E-state index contributed by atoms with van der Waals surface area (Å²) in [5.41, 5.74) is 10.6. The lowest BCUT2D eigenvalue weighted by Crippen LogP contribution is -2.19. The lowest BCUT2D eigenvalue weighted by Gasteiger charge is -2.11. The van der Waals surface area contributed by atoms with Crippen LogP contribution >= 0.6 is 11.3 Å². The molecular weight excluding hydrogens is 295 g/mol. The van der Waals surface area contributed by atoms with Crippen LogP contribution in [0.25, 0.3) is 0 Å². The molecule has 0 bridgehead atoms. The van der Waals surface area contributed by atoms with Gasteiger partial charge in [-0.05, 0) is 12.1 Å². The van der Waals surface area contributed by atoms with E-state index in [-0.39, 0.29) is 21.4 Å². The Bertz CT molecular complexity index is 655. The van der Waals surface area contributed by atoms with Crippen LogP contribution in [0.2, 0.25) is 0 Å². The summed E-state index contributed by atoms with van der Waals surface area (Å²) in [5.74, 6) is -1.45. The summed E-state index contributed by atoms with van der Waals surface area (Å²) in [6.07, 6.45) is -4.89. The van der Waals surface area contributed by atoms with Gasteiger partial charge in [-0.15, -0.1) is 13.2 Å². The second-order valence-corrected chi connectivity index (χ2v) is 4.67. The van der Waals surface area contributed by atoms with Gasteiger partial charge in [0.2, 0.25) is 5.78 Å². The van der Waals surface area contributed by atoms with Crippen molar-refractivity contribution in [3.8, 4) is 5.75 Å². The van der Waals surface area contributed by atoms with Crippen LogP contribution in [0.3, 0.4) is 0 Å². The summed E-state index contributed by atoms with van der Waals surface area (Å²) < 4.78 is 40.7. The molecule has 4 N–H and O–H groups in total. The summed E-state index contributed by atoms with van der Waals surface area (Å²) in [5, 5.41) is 0.0556.